The number of benzene rings is 2. The van der Waals surface area contributed by atoms with E-state index in [0.29, 0.717) is 23.4 Å². The number of hydrogen-bond acceptors (Lipinski definition) is 4. The van der Waals surface area contributed by atoms with Gasteiger partial charge in [-0.15, -0.1) is 0 Å². The Morgan fingerprint density at radius 1 is 0.906 bits per heavy atom. The molecule has 2 rings (SSSR count). The van der Waals surface area contributed by atoms with Gasteiger partial charge in [-0.05, 0) is 56.3 Å². The van der Waals surface area contributed by atoms with Crippen LogP contribution in [0.15, 0.2) is 54.2 Å². The van der Waals surface area contributed by atoms with Gasteiger partial charge >= 0.3 is 18.3 Å². The molecule has 0 aromatic heterocycles. The molecule has 2 N–H and O–H groups in total. The Morgan fingerprint density at radius 3 is 1.88 bits per heavy atom. The lowest BCUT2D eigenvalue weighted by molar-refractivity contribution is -0.143. The molecule has 0 heterocycles. The summed E-state index contributed by atoms with van der Waals surface area (Å²) in [5.74, 6) is -1.65. The molecule has 0 aliphatic rings. The Balaban J connectivity index is 2.17. The van der Waals surface area contributed by atoms with Gasteiger partial charge in [-0.3, -0.25) is 4.79 Å². The van der Waals surface area contributed by atoms with Crippen molar-refractivity contribution in [3.05, 3.63) is 70.9 Å². The highest BCUT2D eigenvalue weighted by molar-refractivity contribution is 6.04. The van der Waals surface area contributed by atoms with E-state index < -0.39 is 40.9 Å². The number of rotatable bonds is 6. The lowest BCUT2D eigenvalue weighted by Gasteiger charge is -2.14. The van der Waals surface area contributed by atoms with Crippen molar-refractivity contribution in [3.63, 3.8) is 0 Å². The molecule has 2 aromatic carbocycles. The third kappa shape index (κ3) is 6.76. The second kappa shape index (κ2) is 9.75. The summed E-state index contributed by atoms with van der Waals surface area (Å²) < 4.78 is 82.5. The summed E-state index contributed by atoms with van der Waals surface area (Å²) in [4.78, 5) is 23.8. The van der Waals surface area contributed by atoms with Crippen LogP contribution in [0.4, 0.5) is 37.7 Å². The van der Waals surface area contributed by atoms with Gasteiger partial charge in [-0.2, -0.15) is 26.3 Å². The second-order valence-corrected chi connectivity index (χ2v) is 6.52. The van der Waals surface area contributed by atoms with Crippen LogP contribution in [0.25, 0.3) is 0 Å². The molecular formula is C21H18F6N2O3. The summed E-state index contributed by atoms with van der Waals surface area (Å²) in [7, 11) is 0. The molecule has 5 nitrogen and oxygen atoms in total. The highest BCUT2D eigenvalue weighted by atomic mass is 19.4. The van der Waals surface area contributed by atoms with Gasteiger partial charge in [0.15, 0.2) is 0 Å². The molecule has 0 bridgehead atoms. The van der Waals surface area contributed by atoms with Gasteiger partial charge in [0, 0.05) is 23.1 Å². The van der Waals surface area contributed by atoms with Gasteiger partial charge in [-0.25, -0.2) is 4.79 Å². The summed E-state index contributed by atoms with van der Waals surface area (Å²) in [6.07, 6.45) is -8.72. The molecule has 11 heteroatoms. The normalized spacial score (nSPS) is 12.3. The zero-order valence-corrected chi connectivity index (χ0v) is 16.8. The molecule has 172 valence electrons. The number of anilines is 2. The Bertz CT molecular complexity index is 979. The Labute approximate surface area is 179 Å². The van der Waals surface area contributed by atoms with Gasteiger partial charge in [0.05, 0.1) is 23.3 Å². The topological polar surface area (TPSA) is 67.4 Å². The van der Waals surface area contributed by atoms with Crippen molar-refractivity contribution in [1.29, 1.82) is 0 Å². The molecule has 0 aliphatic carbocycles. The summed E-state index contributed by atoms with van der Waals surface area (Å²) in [6, 6.07) is 6.38. The third-order valence-corrected chi connectivity index (χ3v) is 4.05. The van der Waals surface area contributed by atoms with E-state index in [4.69, 9.17) is 4.74 Å². The van der Waals surface area contributed by atoms with E-state index in [2.05, 4.69) is 10.6 Å². The molecule has 1 amide bonds. The maximum absolute atomic E-state index is 13.0. The fraction of sp³-hybridized carbons (Fsp3) is 0.238. The van der Waals surface area contributed by atoms with E-state index in [9.17, 15) is 35.9 Å². The molecule has 0 saturated carbocycles. The minimum Gasteiger partial charge on any atom is -0.463 e. The first-order valence-electron chi connectivity index (χ1n) is 9.12. The van der Waals surface area contributed by atoms with Crippen molar-refractivity contribution >= 4 is 23.3 Å². The van der Waals surface area contributed by atoms with E-state index in [-0.39, 0.29) is 18.4 Å². The smallest absolute Gasteiger partial charge is 0.416 e. The number of ether oxygens (including phenoxy) is 1. The van der Waals surface area contributed by atoms with Crippen LogP contribution in [0.3, 0.4) is 0 Å². The van der Waals surface area contributed by atoms with E-state index in [0.717, 1.165) is 0 Å². The lowest BCUT2D eigenvalue weighted by Crippen LogP contribution is -2.17. The largest absolute Gasteiger partial charge is 0.463 e. The number of halogens is 6. The van der Waals surface area contributed by atoms with Gasteiger partial charge in [0.2, 0.25) is 0 Å². The van der Waals surface area contributed by atoms with Crippen LogP contribution in [-0.4, -0.2) is 18.5 Å². The number of hydrogen-bond donors (Lipinski definition) is 2. The van der Waals surface area contributed by atoms with Crippen LogP contribution in [-0.2, 0) is 21.9 Å². The average Bonchev–Trinajstić information content (AvgIpc) is 2.71. The number of nitrogens with one attached hydrogen (secondary N) is 2. The molecular weight excluding hydrogens is 442 g/mol. The summed E-state index contributed by atoms with van der Waals surface area (Å²) >= 11 is 0. The molecule has 0 atom stereocenters. The molecule has 0 fully saturated rings. The zero-order chi connectivity index (χ0) is 24.1. The van der Waals surface area contributed by atoms with Crippen LogP contribution >= 0.6 is 0 Å². The molecule has 2 aromatic rings. The average molecular weight is 460 g/mol. The fourth-order valence-electron chi connectivity index (χ4n) is 2.43. The minimum atomic E-state index is -5.06. The number of esters is 1. The van der Waals surface area contributed by atoms with Gasteiger partial charge in [0.1, 0.15) is 0 Å². The minimum absolute atomic E-state index is 0.0525. The highest BCUT2D eigenvalue weighted by Crippen LogP contribution is 2.36. The van der Waals surface area contributed by atoms with E-state index >= 15 is 0 Å². The molecule has 32 heavy (non-hydrogen) atoms. The van der Waals surface area contributed by atoms with Crippen LogP contribution in [0.1, 0.15) is 35.3 Å². The predicted molar refractivity (Wildman–Crippen MR) is 105 cm³/mol. The fourth-order valence-corrected chi connectivity index (χ4v) is 2.43. The van der Waals surface area contributed by atoms with E-state index in [1.54, 1.807) is 6.92 Å². The molecule has 0 unspecified atom stereocenters. The first-order valence-corrected chi connectivity index (χ1v) is 9.12. The van der Waals surface area contributed by atoms with Crippen LogP contribution in [0.2, 0.25) is 0 Å². The predicted octanol–water partition coefficient (Wildman–Crippen LogP) is 5.86. The number of carbonyl (C=O) groups is 2. The summed E-state index contributed by atoms with van der Waals surface area (Å²) in [5, 5.41) is 5.07. The molecule has 0 spiro atoms. The second-order valence-electron chi connectivity index (χ2n) is 6.52. The monoisotopic (exact) mass is 460 g/mol. The Morgan fingerprint density at radius 2 is 1.41 bits per heavy atom. The third-order valence-electron chi connectivity index (χ3n) is 4.05. The lowest BCUT2D eigenvalue weighted by atomic mass is 10.0. The highest BCUT2D eigenvalue weighted by Gasteiger charge is 2.37. The van der Waals surface area contributed by atoms with Crippen LogP contribution < -0.4 is 10.6 Å². The summed E-state index contributed by atoms with van der Waals surface area (Å²) in [5.41, 5.74) is -3.01. The van der Waals surface area contributed by atoms with Crippen LogP contribution in [0, 0.1) is 0 Å². The van der Waals surface area contributed by atoms with Gasteiger partial charge in [-0.1, -0.05) is 0 Å². The Hall–Kier alpha value is -3.50. The van der Waals surface area contributed by atoms with Crippen molar-refractivity contribution < 1.29 is 40.7 Å². The van der Waals surface area contributed by atoms with Gasteiger partial charge in [0.25, 0.3) is 5.91 Å². The Kier molecular flexibility index (Phi) is 7.55. The maximum atomic E-state index is 13.0. The SMILES string of the molecule is CCOC(=O)/C(C)=C\Nc1ccc(NC(=O)c2cc(C(F)(F)F)cc(C(F)(F)F)c2)cc1. The number of amides is 1. The molecule has 0 saturated heterocycles. The summed E-state index contributed by atoms with van der Waals surface area (Å²) in [6.45, 7) is 3.41. The first kappa shape index (κ1) is 24.8. The number of carbonyl (C=O) groups excluding carboxylic acids is 2. The quantitative estimate of drug-likeness (QED) is 0.322. The van der Waals surface area contributed by atoms with Gasteiger partial charge < -0.3 is 15.4 Å². The van der Waals surface area contributed by atoms with Crippen molar-refractivity contribution in [2.45, 2.75) is 26.2 Å². The van der Waals surface area contributed by atoms with Crippen molar-refractivity contribution in [2.75, 3.05) is 17.2 Å². The van der Waals surface area contributed by atoms with E-state index in [1.807, 2.05) is 0 Å². The first-order chi connectivity index (χ1) is 14.8. The maximum Gasteiger partial charge on any atom is 0.416 e. The van der Waals surface area contributed by atoms with Crippen molar-refractivity contribution in [1.82, 2.24) is 0 Å². The molecule has 0 radical (unpaired) electrons. The van der Waals surface area contributed by atoms with Crippen molar-refractivity contribution in [2.24, 2.45) is 0 Å². The van der Waals surface area contributed by atoms with E-state index in [1.165, 1.54) is 37.4 Å². The van der Waals surface area contributed by atoms with Crippen molar-refractivity contribution in [3.8, 4) is 0 Å². The molecule has 0 aliphatic heterocycles. The van der Waals surface area contributed by atoms with Crippen LogP contribution in [0.5, 0.6) is 0 Å². The number of alkyl halides is 6. The standard InChI is InChI=1S/C21H18F6N2O3/c1-3-32-19(31)12(2)11-28-16-4-6-17(7-5-16)29-18(30)13-8-14(20(22,23)24)10-15(9-13)21(25,26)27/h4-11,28H,3H2,1-2H3,(H,29,30)/b12-11-. The zero-order valence-electron chi connectivity index (χ0n) is 16.8.